The predicted molar refractivity (Wildman–Crippen MR) is 91.5 cm³/mol. The highest BCUT2D eigenvalue weighted by Crippen LogP contribution is 2.16. The van der Waals surface area contributed by atoms with Crippen molar-refractivity contribution in [3.8, 4) is 11.5 Å². The van der Waals surface area contributed by atoms with Gasteiger partial charge in [-0.25, -0.2) is 0 Å². The molecule has 5 heteroatoms. The first kappa shape index (κ1) is 17.5. The molecular formula is C19H21NO4. The maximum Gasteiger partial charge on any atom is 0.220 e. The molecule has 0 aromatic heterocycles. The lowest BCUT2D eigenvalue weighted by Crippen LogP contribution is -2.28. The summed E-state index contributed by atoms with van der Waals surface area (Å²) in [6, 6.07) is 16.2. The summed E-state index contributed by atoms with van der Waals surface area (Å²) in [5.41, 5.74) is 0.633. The van der Waals surface area contributed by atoms with Crippen molar-refractivity contribution in [2.24, 2.45) is 0 Å². The molecule has 0 unspecified atom stereocenters. The van der Waals surface area contributed by atoms with Gasteiger partial charge >= 0.3 is 0 Å². The molecule has 1 N–H and O–H groups in total. The van der Waals surface area contributed by atoms with Crippen molar-refractivity contribution in [2.45, 2.75) is 12.8 Å². The van der Waals surface area contributed by atoms with Gasteiger partial charge in [0.1, 0.15) is 18.1 Å². The fourth-order valence-electron chi connectivity index (χ4n) is 2.12. The minimum absolute atomic E-state index is 0.0276. The quantitative estimate of drug-likeness (QED) is 0.568. The third-order valence-corrected chi connectivity index (χ3v) is 3.43. The Bertz CT molecular complexity index is 653. The molecule has 2 aromatic rings. The summed E-state index contributed by atoms with van der Waals surface area (Å²) >= 11 is 0. The zero-order valence-corrected chi connectivity index (χ0v) is 13.7. The number of nitrogens with one attached hydrogen (secondary N) is 1. The van der Waals surface area contributed by atoms with Crippen LogP contribution in [0.5, 0.6) is 11.5 Å². The number of ether oxygens (including phenoxy) is 2. The summed E-state index contributed by atoms with van der Waals surface area (Å²) in [6.07, 6.45) is 0.380. The Hall–Kier alpha value is -2.82. The van der Waals surface area contributed by atoms with Gasteiger partial charge in [-0.3, -0.25) is 9.59 Å². The zero-order chi connectivity index (χ0) is 17.2. The van der Waals surface area contributed by atoms with Gasteiger partial charge in [0.25, 0.3) is 0 Å². The third-order valence-electron chi connectivity index (χ3n) is 3.43. The van der Waals surface area contributed by atoms with Crippen molar-refractivity contribution in [2.75, 3.05) is 20.3 Å². The van der Waals surface area contributed by atoms with E-state index >= 15 is 0 Å². The van der Waals surface area contributed by atoms with Crippen LogP contribution >= 0.6 is 0 Å². The second-order valence-electron chi connectivity index (χ2n) is 5.16. The van der Waals surface area contributed by atoms with Gasteiger partial charge in [0.15, 0.2) is 5.78 Å². The molecule has 5 nitrogen and oxygen atoms in total. The highest BCUT2D eigenvalue weighted by atomic mass is 16.5. The lowest BCUT2D eigenvalue weighted by atomic mass is 10.1. The molecule has 1 amide bonds. The number of rotatable bonds is 9. The minimum Gasteiger partial charge on any atom is -0.497 e. The molecule has 0 saturated carbocycles. The van der Waals surface area contributed by atoms with Crippen LogP contribution in [0.25, 0.3) is 0 Å². The van der Waals surface area contributed by atoms with E-state index in [2.05, 4.69) is 5.32 Å². The van der Waals surface area contributed by atoms with Crippen LogP contribution in [0.3, 0.4) is 0 Å². The van der Waals surface area contributed by atoms with Crippen molar-refractivity contribution in [1.29, 1.82) is 0 Å². The minimum atomic E-state index is -0.155. The first-order valence-corrected chi connectivity index (χ1v) is 7.81. The molecular weight excluding hydrogens is 306 g/mol. The van der Waals surface area contributed by atoms with E-state index in [0.29, 0.717) is 24.5 Å². The predicted octanol–water partition coefficient (Wildman–Crippen LogP) is 2.85. The Morgan fingerprint density at radius 1 is 0.917 bits per heavy atom. The van der Waals surface area contributed by atoms with Crippen LogP contribution in [0.2, 0.25) is 0 Å². The van der Waals surface area contributed by atoms with Gasteiger partial charge in [0, 0.05) is 18.4 Å². The molecule has 0 aliphatic heterocycles. The Morgan fingerprint density at radius 2 is 1.58 bits per heavy atom. The van der Waals surface area contributed by atoms with E-state index in [1.54, 1.807) is 31.4 Å². The monoisotopic (exact) mass is 327 g/mol. The average Bonchev–Trinajstić information content (AvgIpc) is 2.64. The number of carbonyl (C=O) groups is 2. The third kappa shape index (κ3) is 5.76. The Kier molecular flexibility index (Phi) is 6.83. The molecule has 0 bridgehead atoms. The Morgan fingerprint density at radius 3 is 2.25 bits per heavy atom. The fraction of sp³-hybridized carbons (Fsp3) is 0.263. The molecule has 126 valence electrons. The fourth-order valence-corrected chi connectivity index (χ4v) is 2.12. The van der Waals surface area contributed by atoms with Crippen LogP contribution < -0.4 is 14.8 Å². The molecule has 0 fully saturated rings. The van der Waals surface area contributed by atoms with Crippen LogP contribution in [0.1, 0.15) is 23.2 Å². The molecule has 0 spiro atoms. The highest BCUT2D eigenvalue weighted by molar-refractivity contribution is 5.97. The van der Waals surface area contributed by atoms with E-state index in [0.717, 1.165) is 5.75 Å². The lowest BCUT2D eigenvalue weighted by Gasteiger charge is -2.08. The van der Waals surface area contributed by atoms with Crippen LogP contribution in [0.4, 0.5) is 0 Å². The van der Waals surface area contributed by atoms with Gasteiger partial charge in [-0.15, -0.1) is 0 Å². The summed E-state index contributed by atoms with van der Waals surface area (Å²) in [4.78, 5) is 23.6. The van der Waals surface area contributed by atoms with Crippen molar-refractivity contribution in [3.63, 3.8) is 0 Å². The van der Waals surface area contributed by atoms with Crippen molar-refractivity contribution >= 4 is 11.7 Å². The summed E-state index contributed by atoms with van der Waals surface area (Å²) in [5.74, 6) is 1.29. The number of Topliss-reactive ketones (excluding diaryl/α,β-unsaturated/α-hetero) is 1. The van der Waals surface area contributed by atoms with Crippen LogP contribution in [0.15, 0.2) is 54.6 Å². The molecule has 0 radical (unpaired) electrons. The standard InChI is InChI=1S/C19H21NO4/c1-23-16-7-9-17(10-8-16)24-14-13-20-19(22)12-11-18(21)15-5-3-2-4-6-15/h2-10H,11-14H2,1H3,(H,20,22). The van der Waals surface area contributed by atoms with Crippen LogP contribution in [-0.2, 0) is 4.79 Å². The Balaban J connectivity index is 1.62. The van der Waals surface area contributed by atoms with E-state index in [4.69, 9.17) is 9.47 Å². The first-order chi connectivity index (χ1) is 11.7. The van der Waals surface area contributed by atoms with E-state index in [-0.39, 0.29) is 24.5 Å². The Labute approximate surface area is 141 Å². The van der Waals surface area contributed by atoms with E-state index in [9.17, 15) is 9.59 Å². The number of amides is 1. The molecule has 0 atom stereocenters. The summed E-state index contributed by atoms with van der Waals surface area (Å²) < 4.78 is 10.6. The molecule has 2 rings (SSSR count). The second-order valence-corrected chi connectivity index (χ2v) is 5.16. The maximum atomic E-state index is 11.9. The SMILES string of the molecule is COc1ccc(OCCNC(=O)CCC(=O)c2ccccc2)cc1. The lowest BCUT2D eigenvalue weighted by molar-refractivity contribution is -0.121. The molecule has 0 aliphatic rings. The van der Waals surface area contributed by atoms with E-state index in [1.807, 2.05) is 30.3 Å². The van der Waals surface area contributed by atoms with Gasteiger partial charge in [0.2, 0.25) is 5.91 Å². The van der Waals surface area contributed by atoms with Gasteiger partial charge in [-0.05, 0) is 24.3 Å². The molecule has 0 aliphatic carbocycles. The van der Waals surface area contributed by atoms with Gasteiger partial charge in [0.05, 0.1) is 13.7 Å². The van der Waals surface area contributed by atoms with E-state index < -0.39 is 0 Å². The number of hydrogen-bond donors (Lipinski definition) is 1. The van der Waals surface area contributed by atoms with Crippen LogP contribution in [0, 0.1) is 0 Å². The summed E-state index contributed by atoms with van der Waals surface area (Å²) in [6.45, 7) is 0.759. The van der Waals surface area contributed by atoms with Crippen molar-refractivity contribution in [1.82, 2.24) is 5.32 Å². The molecule has 0 saturated heterocycles. The number of hydrogen-bond acceptors (Lipinski definition) is 4. The van der Waals surface area contributed by atoms with Gasteiger partial charge < -0.3 is 14.8 Å². The molecule has 2 aromatic carbocycles. The molecule has 0 heterocycles. The highest BCUT2D eigenvalue weighted by Gasteiger charge is 2.08. The second kappa shape index (κ2) is 9.35. The summed E-state index contributed by atoms with van der Waals surface area (Å²) in [5, 5.41) is 2.74. The summed E-state index contributed by atoms with van der Waals surface area (Å²) in [7, 11) is 1.61. The molecule has 24 heavy (non-hydrogen) atoms. The average molecular weight is 327 g/mol. The number of ketones is 1. The van der Waals surface area contributed by atoms with Crippen molar-refractivity contribution < 1.29 is 19.1 Å². The smallest absolute Gasteiger partial charge is 0.220 e. The topological polar surface area (TPSA) is 64.6 Å². The van der Waals surface area contributed by atoms with Crippen molar-refractivity contribution in [3.05, 3.63) is 60.2 Å². The van der Waals surface area contributed by atoms with Gasteiger partial charge in [-0.2, -0.15) is 0 Å². The maximum absolute atomic E-state index is 11.9. The number of benzene rings is 2. The zero-order valence-electron chi connectivity index (χ0n) is 13.7. The van der Waals surface area contributed by atoms with E-state index in [1.165, 1.54) is 0 Å². The van der Waals surface area contributed by atoms with Gasteiger partial charge in [-0.1, -0.05) is 30.3 Å². The largest absolute Gasteiger partial charge is 0.497 e. The van der Waals surface area contributed by atoms with Crippen LogP contribution in [-0.4, -0.2) is 32.0 Å². The number of methoxy groups -OCH3 is 1. The number of carbonyl (C=O) groups excluding carboxylic acids is 2. The normalized spacial score (nSPS) is 10.0. The first-order valence-electron chi connectivity index (χ1n) is 7.81.